The van der Waals surface area contributed by atoms with Gasteiger partial charge in [-0.2, -0.15) is 13.2 Å². The second kappa shape index (κ2) is 4.12. The molecule has 1 aliphatic rings. The van der Waals surface area contributed by atoms with Crippen LogP contribution in [0.1, 0.15) is 18.0 Å². The summed E-state index contributed by atoms with van der Waals surface area (Å²) in [5.74, 6) is 0. The van der Waals surface area contributed by atoms with Gasteiger partial charge in [-0.15, -0.1) is 0 Å². The van der Waals surface area contributed by atoms with Crippen molar-refractivity contribution in [3.05, 3.63) is 34.2 Å². The number of alkyl halides is 3. The minimum atomic E-state index is -4.42. The van der Waals surface area contributed by atoms with Crippen LogP contribution in [0.3, 0.4) is 0 Å². The maximum absolute atomic E-state index is 12.7. The summed E-state index contributed by atoms with van der Waals surface area (Å²) in [7, 11) is 0. The summed E-state index contributed by atoms with van der Waals surface area (Å²) in [6.45, 7) is 0.867. The maximum atomic E-state index is 12.7. The van der Waals surface area contributed by atoms with Gasteiger partial charge < -0.3 is 9.72 Å². The number of ether oxygens (including phenoxy) is 1. The minimum absolute atomic E-state index is 0.204. The smallest absolute Gasteiger partial charge is 0.379 e. The Morgan fingerprint density at radius 2 is 2.16 bits per heavy atom. The quantitative estimate of drug-likeness (QED) is 0.866. The third kappa shape index (κ3) is 2.03. The monoisotopic (exact) mass is 272 g/mol. The van der Waals surface area contributed by atoms with Crippen LogP contribution < -0.4 is 5.69 Å². The molecule has 1 atom stereocenters. The summed E-state index contributed by atoms with van der Waals surface area (Å²) >= 11 is 0. The SMILES string of the molecule is O=c1[nH]c2ccc(C(F)(F)F)cc2n1C1CCOC1. The van der Waals surface area contributed by atoms with Crippen LogP contribution in [0.2, 0.25) is 0 Å². The maximum Gasteiger partial charge on any atom is 0.416 e. The first kappa shape index (κ1) is 12.3. The normalized spacial score (nSPS) is 20.3. The molecule has 19 heavy (non-hydrogen) atoms. The van der Waals surface area contributed by atoms with Crippen molar-refractivity contribution in [2.75, 3.05) is 13.2 Å². The highest BCUT2D eigenvalue weighted by atomic mass is 19.4. The molecule has 102 valence electrons. The molecule has 1 saturated heterocycles. The summed E-state index contributed by atoms with van der Waals surface area (Å²) in [4.78, 5) is 14.4. The molecule has 0 spiro atoms. The molecule has 1 aromatic carbocycles. The molecule has 2 aromatic rings. The van der Waals surface area contributed by atoms with Crippen molar-refractivity contribution < 1.29 is 17.9 Å². The molecule has 2 heterocycles. The lowest BCUT2D eigenvalue weighted by Gasteiger charge is -2.11. The van der Waals surface area contributed by atoms with E-state index < -0.39 is 17.4 Å². The number of fused-ring (bicyclic) bond motifs is 1. The van der Waals surface area contributed by atoms with E-state index in [0.717, 1.165) is 12.1 Å². The summed E-state index contributed by atoms with van der Waals surface area (Å²) in [5.41, 5.74) is -0.475. The fourth-order valence-corrected chi connectivity index (χ4v) is 2.39. The predicted octanol–water partition coefficient (Wildman–Crippen LogP) is 2.31. The van der Waals surface area contributed by atoms with Crippen molar-refractivity contribution in [2.24, 2.45) is 0 Å². The van der Waals surface area contributed by atoms with Crippen molar-refractivity contribution in [1.29, 1.82) is 0 Å². The third-order valence-electron chi connectivity index (χ3n) is 3.32. The van der Waals surface area contributed by atoms with E-state index in [1.165, 1.54) is 10.6 Å². The highest BCUT2D eigenvalue weighted by Crippen LogP contribution is 2.32. The number of hydrogen-bond donors (Lipinski definition) is 1. The number of aromatic nitrogens is 2. The zero-order valence-corrected chi connectivity index (χ0v) is 9.83. The van der Waals surface area contributed by atoms with E-state index in [1.807, 2.05) is 0 Å². The fraction of sp³-hybridized carbons (Fsp3) is 0.417. The number of nitrogens with zero attached hydrogens (tertiary/aromatic N) is 1. The number of imidazole rings is 1. The van der Waals surface area contributed by atoms with Crippen LogP contribution in [0.15, 0.2) is 23.0 Å². The van der Waals surface area contributed by atoms with E-state index in [9.17, 15) is 18.0 Å². The van der Waals surface area contributed by atoms with Crippen LogP contribution in [-0.2, 0) is 10.9 Å². The summed E-state index contributed by atoms with van der Waals surface area (Å²) in [5, 5.41) is 0. The molecule has 1 fully saturated rings. The molecule has 0 aliphatic carbocycles. The fourth-order valence-electron chi connectivity index (χ4n) is 2.39. The molecular weight excluding hydrogens is 261 g/mol. The summed E-state index contributed by atoms with van der Waals surface area (Å²) in [6.07, 6.45) is -3.79. The van der Waals surface area contributed by atoms with Crippen molar-refractivity contribution in [2.45, 2.75) is 18.6 Å². The van der Waals surface area contributed by atoms with Crippen LogP contribution in [0, 0.1) is 0 Å². The molecule has 7 heteroatoms. The van der Waals surface area contributed by atoms with Gasteiger partial charge >= 0.3 is 11.9 Å². The van der Waals surface area contributed by atoms with Crippen LogP contribution in [0.25, 0.3) is 11.0 Å². The molecule has 1 aromatic heterocycles. The lowest BCUT2D eigenvalue weighted by atomic mass is 10.1. The van der Waals surface area contributed by atoms with Crippen molar-refractivity contribution in [3.8, 4) is 0 Å². The van der Waals surface area contributed by atoms with Crippen LogP contribution in [0.5, 0.6) is 0 Å². The lowest BCUT2D eigenvalue weighted by molar-refractivity contribution is -0.137. The zero-order chi connectivity index (χ0) is 13.6. The van der Waals surface area contributed by atoms with Crippen molar-refractivity contribution >= 4 is 11.0 Å². The molecule has 3 rings (SSSR count). The first-order chi connectivity index (χ1) is 8.97. The van der Waals surface area contributed by atoms with E-state index in [0.29, 0.717) is 25.2 Å². The number of halogens is 3. The van der Waals surface area contributed by atoms with Gasteiger partial charge in [-0.3, -0.25) is 4.57 Å². The van der Waals surface area contributed by atoms with Gasteiger partial charge in [0.15, 0.2) is 0 Å². The van der Waals surface area contributed by atoms with Gasteiger partial charge in [-0.25, -0.2) is 4.79 Å². The van der Waals surface area contributed by atoms with Gasteiger partial charge in [0.1, 0.15) is 0 Å². The highest BCUT2D eigenvalue weighted by molar-refractivity contribution is 5.76. The van der Waals surface area contributed by atoms with Crippen LogP contribution in [0.4, 0.5) is 13.2 Å². The Morgan fingerprint density at radius 1 is 1.37 bits per heavy atom. The van der Waals surface area contributed by atoms with E-state index in [1.54, 1.807) is 0 Å². The second-order valence-corrected chi connectivity index (χ2v) is 4.55. The Labute approximate surface area is 105 Å². The summed E-state index contributed by atoms with van der Waals surface area (Å²) < 4.78 is 44.7. The average molecular weight is 272 g/mol. The Bertz CT molecular complexity index is 666. The number of nitrogens with one attached hydrogen (secondary N) is 1. The Balaban J connectivity index is 2.20. The molecule has 0 radical (unpaired) electrons. The Morgan fingerprint density at radius 3 is 2.79 bits per heavy atom. The molecule has 1 N–H and O–H groups in total. The van der Waals surface area contributed by atoms with E-state index in [-0.39, 0.29) is 11.6 Å². The van der Waals surface area contributed by atoms with Gasteiger partial charge in [0.2, 0.25) is 0 Å². The predicted molar refractivity (Wildman–Crippen MR) is 62.0 cm³/mol. The van der Waals surface area contributed by atoms with Gasteiger partial charge in [0.05, 0.1) is 29.2 Å². The first-order valence-electron chi connectivity index (χ1n) is 5.86. The number of aromatic amines is 1. The topological polar surface area (TPSA) is 47.0 Å². The number of hydrogen-bond acceptors (Lipinski definition) is 2. The van der Waals surface area contributed by atoms with Crippen LogP contribution in [-0.4, -0.2) is 22.8 Å². The molecule has 1 unspecified atom stereocenters. The van der Waals surface area contributed by atoms with E-state index in [4.69, 9.17) is 4.74 Å². The molecule has 0 bridgehead atoms. The molecule has 0 saturated carbocycles. The number of H-pyrrole nitrogens is 1. The van der Waals surface area contributed by atoms with Crippen LogP contribution >= 0.6 is 0 Å². The molecule has 1 aliphatic heterocycles. The third-order valence-corrected chi connectivity index (χ3v) is 3.32. The van der Waals surface area contributed by atoms with Crippen molar-refractivity contribution in [3.63, 3.8) is 0 Å². The minimum Gasteiger partial charge on any atom is -0.379 e. The van der Waals surface area contributed by atoms with Gasteiger partial charge in [0.25, 0.3) is 0 Å². The number of rotatable bonds is 1. The average Bonchev–Trinajstić information content (AvgIpc) is 2.92. The van der Waals surface area contributed by atoms with E-state index in [2.05, 4.69) is 4.98 Å². The van der Waals surface area contributed by atoms with Gasteiger partial charge in [-0.1, -0.05) is 0 Å². The largest absolute Gasteiger partial charge is 0.416 e. The van der Waals surface area contributed by atoms with Crippen molar-refractivity contribution in [1.82, 2.24) is 9.55 Å². The summed E-state index contributed by atoms with van der Waals surface area (Å²) in [6, 6.07) is 3.05. The zero-order valence-electron chi connectivity index (χ0n) is 9.83. The lowest BCUT2D eigenvalue weighted by Crippen LogP contribution is -2.22. The number of benzene rings is 1. The molecule has 0 amide bonds. The van der Waals surface area contributed by atoms with Gasteiger partial charge in [0, 0.05) is 6.61 Å². The Kier molecular flexibility index (Phi) is 2.67. The highest BCUT2D eigenvalue weighted by Gasteiger charge is 2.31. The first-order valence-corrected chi connectivity index (χ1v) is 5.86. The standard InChI is InChI=1S/C12H11F3N2O2/c13-12(14,15)7-1-2-9-10(5-7)17(11(18)16-9)8-3-4-19-6-8/h1-2,5,8H,3-4,6H2,(H,16,18). The van der Waals surface area contributed by atoms with E-state index >= 15 is 0 Å². The Hall–Kier alpha value is -1.76. The van der Waals surface area contributed by atoms with Gasteiger partial charge in [-0.05, 0) is 24.6 Å². The molecule has 4 nitrogen and oxygen atoms in total. The second-order valence-electron chi connectivity index (χ2n) is 4.55. The molecular formula is C12H11F3N2O2.